The summed E-state index contributed by atoms with van der Waals surface area (Å²) in [6, 6.07) is 9.57. The SMILES string of the molecule is N#Cc1nc(-c2ccc(-c3ncc(N(C4CC4)C4C[C@H]5CC[C@@H](C4)N5)nn3)c(O)c2)cs1. The monoisotopic (exact) mass is 445 g/mol. The van der Waals surface area contributed by atoms with E-state index in [1.807, 2.05) is 12.1 Å². The number of piperidine rings is 1. The second-order valence-electron chi connectivity index (χ2n) is 8.92. The quantitative estimate of drug-likeness (QED) is 0.614. The summed E-state index contributed by atoms with van der Waals surface area (Å²) in [4.78, 5) is 11.3. The van der Waals surface area contributed by atoms with E-state index in [4.69, 9.17) is 5.26 Å². The molecule has 8 nitrogen and oxygen atoms in total. The number of hydrogen-bond donors (Lipinski definition) is 2. The highest BCUT2D eigenvalue weighted by atomic mass is 32.1. The van der Waals surface area contributed by atoms with Crippen molar-refractivity contribution in [1.82, 2.24) is 25.5 Å². The molecule has 162 valence electrons. The number of aromatic nitrogens is 4. The number of hydrogen-bond acceptors (Lipinski definition) is 9. The molecule has 1 saturated carbocycles. The summed E-state index contributed by atoms with van der Waals surface area (Å²) in [5.41, 5.74) is 1.94. The van der Waals surface area contributed by atoms with Gasteiger partial charge in [-0.25, -0.2) is 9.97 Å². The molecule has 0 spiro atoms. The van der Waals surface area contributed by atoms with Gasteiger partial charge in [0.25, 0.3) is 0 Å². The molecular formula is C23H23N7OS. The molecule has 3 fully saturated rings. The maximum atomic E-state index is 10.6. The van der Waals surface area contributed by atoms with Crippen molar-refractivity contribution in [2.45, 2.75) is 62.7 Å². The summed E-state index contributed by atoms with van der Waals surface area (Å²) in [6.45, 7) is 0. The molecule has 2 saturated heterocycles. The van der Waals surface area contributed by atoms with Crippen molar-refractivity contribution < 1.29 is 5.11 Å². The molecule has 1 aliphatic carbocycles. The van der Waals surface area contributed by atoms with Gasteiger partial charge >= 0.3 is 0 Å². The number of phenolic OH excluding ortho intramolecular Hbond substituents is 1. The van der Waals surface area contributed by atoms with E-state index in [9.17, 15) is 5.11 Å². The van der Waals surface area contributed by atoms with Crippen molar-refractivity contribution in [2.24, 2.45) is 0 Å². The number of thiazole rings is 1. The number of aromatic hydroxyl groups is 1. The average molecular weight is 446 g/mol. The molecule has 3 aromatic rings. The lowest BCUT2D eigenvalue weighted by molar-refractivity contribution is 0.343. The Bertz CT molecular complexity index is 1170. The molecule has 2 aromatic heterocycles. The van der Waals surface area contributed by atoms with E-state index in [0.29, 0.717) is 46.3 Å². The smallest absolute Gasteiger partial charge is 0.194 e. The Morgan fingerprint density at radius 1 is 1.09 bits per heavy atom. The van der Waals surface area contributed by atoms with Crippen LogP contribution < -0.4 is 10.2 Å². The topological polar surface area (TPSA) is 111 Å². The predicted octanol–water partition coefficient (Wildman–Crippen LogP) is 3.49. The van der Waals surface area contributed by atoms with Gasteiger partial charge in [-0.2, -0.15) is 5.26 Å². The van der Waals surface area contributed by atoms with Crippen molar-refractivity contribution in [3.8, 4) is 34.5 Å². The maximum absolute atomic E-state index is 10.6. The molecule has 9 heteroatoms. The minimum atomic E-state index is 0.0672. The normalized spacial score (nSPS) is 24.3. The first-order valence-corrected chi connectivity index (χ1v) is 12.0. The first-order valence-electron chi connectivity index (χ1n) is 11.1. The first kappa shape index (κ1) is 19.6. The van der Waals surface area contributed by atoms with Crippen molar-refractivity contribution in [1.29, 1.82) is 5.26 Å². The van der Waals surface area contributed by atoms with Crippen LogP contribution in [0.1, 0.15) is 43.5 Å². The highest BCUT2D eigenvalue weighted by molar-refractivity contribution is 7.10. The van der Waals surface area contributed by atoms with Gasteiger partial charge < -0.3 is 15.3 Å². The van der Waals surface area contributed by atoms with E-state index in [0.717, 1.165) is 24.2 Å². The van der Waals surface area contributed by atoms with Gasteiger partial charge in [-0.15, -0.1) is 21.5 Å². The Labute approximate surface area is 190 Å². The van der Waals surface area contributed by atoms with Crippen LogP contribution >= 0.6 is 11.3 Å². The molecule has 6 rings (SSSR count). The summed E-state index contributed by atoms with van der Waals surface area (Å²) < 4.78 is 0. The van der Waals surface area contributed by atoms with Crippen LogP contribution in [-0.2, 0) is 0 Å². The molecular weight excluding hydrogens is 422 g/mol. The van der Waals surface area contributed by atoms with Crippen LogP contribution in [0.3, 0.4) is 0 Å². The minimum Gasteiger partial charge on any atom is -0.507 e. The lowest BCUT2D eigenvalue weighted by Gasteiger charge is -2.38. The van der Waals surface area contributed by atoms with Gasteiger partial charge in [-0.05, 0) is 50.7 Å². The molecule has 32 heavy (non-hydrogen) atoms. The average Bonchev–Trinajstić information content (AvgIpc) is 3.41. The van der Waals surface area contributed by atoms with Crippen LogP contribution in [-0.4, -0.2) is 49.4 Å². The van der Waals surface area contributed by atoms with Crippen LogP contribution in [0.4, 0.5) is 5.82 Å². The molecule has 3 atom stereocenters. The summed E-state index contributed by atoms with van der Waals surface area (Å²) >= 11 is 1.28. The zero-order valence-electron chi connectivity index (χ0n) is 17.5. The molecule has 0 radical (unpaired) electrons. The van der Waals surface area contributed by atoms with Gasteiger partial charge in [-0.1, -0.05) is 6.07 Å². The third-order valence-corrected chi connectivity index (χ3v) is 7.48. The molecule has 3 aliphatic rings. The highest BCUT2D eigenvalue weighted by Gasteiger charge is 2.41. The number of anilines is 1. The zero-order valence-corrected chi connectivity index (χ0v) is 18.3. The van der Waals surface area contributed by atoms with Gasteiger partial charge in [0.05, 0.1) is 17.5 Å². The Balaban J connectivity index is 1.24. The summed E-state index contributed by atoms with van der Waals surface area (Å²) in [6.07, 6.45) is 9.07. The Kier molecular flexibility index (Phi) is 4.77. The van der Waals surface area contributed by atoms with Crippen LogP contribution in [0, 0.1) is 11.3 Å². The van der Waals surface area contributed by atoms with Gasteiger partial charge in [-0.3, -0.25) is 0 Å². The van der Waals surface area contributed by atoms with Crippen LogP contribution in [0.25, 0.3) is 22.6 Å². The van der Waals surface area contributed by atoms with E-state index in [1.165, 1.54) is 37.0 Å². The molecule has 4 heterocycles. The standard InChI is InChI=1S/C23H23N7OS/c24-10-22-27-19(12-32-22)13-1-6-18(20(31)7-13)23-25-11-21(28-29-23)30(16-4-5-16)17-8-14-2-3-15(9-17)26-14/h1,6-7,11-12,14-17,26,31H,2-5,8-9H2/t14-,15+,17?. The summed E-state index contributed by atoms with van der Waals surface area (Å²) in [5.74, 6) is 1.30. The fraction of sp³-hybridized carbons (Fsp3) is 0.435. The number of fused-ring (bicyclic) bond motifs is 2. The fourth-order valence-electron chi connectivity index (χ4n) is 5.13. The lowest BCUT2D eigenvalue weighted by Crippen LogP contribution is -2.49. The molecule has 2 N–H and O–H groups in total. The number of rotatable bonds is 5. The molecule has 0 amide bonds. The first-order chi connectivity index (χ1) is 15.7. The molecule has 2 bridgehead atoms. The molecule has 2 aliphatic heterocycles. The third kappa shape index (κ3) is 3.59. The van der Waals surface area contributed by atoms with Crippen molar-refractivity contribution in [2.75, 3.05) is 4.90 Å². The van der Waals surface area contributed by atoms with E-state index in [1.54, 1.807) is 23.7 Å². The minimum absolute atomic E-state index is 0.0672. The third-order valence-electron chi connectivity index (χ3n) is 6.73. The van der Waals surface area contributed by atoms with Crippen LogP contribution in [0.2, 0.25) is 0 Å². The Morgan fingerprint density at radius 3 is 2.53 bits per heavy atom. The zero-order chi connectivity index (χ0) is 21.7. The van der Waals surface area contributed by atoms with Crippen LogP contribution in [0.5, 0.6) is 5.75 Å². The maximum Gasteiger partial charge on any atom is 0.194 e. The van der Waals surface area contributed by atoms with Crippen molar-refractivity contribution in [3.63, 3.8) is 0 Å². The van der Waals surface area contributed by atoms with Gasteiger partial charge in [0.1, 0.15) is 11.8 Å². The van der Waals surface area contributed by atoms with E-state index in [2.05, 4.69) is 30.4 Å². The largest absolute Gasteiger partial charge is 0.507 e. The number of nitrogens with zero attached hydrogens (tertiary/aromatic N) is 6. The summed E-state index contributed by atoms with van der Waals surface area (Å²) in [5, 5.41) is 34.4. The van der Waals surface area contributed by atoms with Gasteiger partial charge in [0, 0.05) is 35.1 Å². The molecule has 1 unspecified atom stereocenters. The highest BCUT2D eigenvalue weighted by Crippen LogP contribution is 2.39. The van der Waals surface area contributed by atoms with Gasteiger partial charge in [0.15, 0.2) is 16.6 Å². The van der Waals surface area contributed by atoms with E-state index in [-0.39, 0.29) is 5.75 Å². The van der Waals surface area contributed by atoms with Crippen molar-refractivity contribution >= 4 is 17.2 Å². The number of benzene rings is 1. The second-order valence-corrected chi connectivity index (χ2v) is 9.78. The second kappa shape index (κ2) is 7.80. The summed E-state index contributed by atoms with van der Waals surface area (Å²) in [7, 11) is 0. The fourth-order valence-corrected chi connectivity index (χ4v) is 5.74. The number of phenols is 1. The predicted molar refractivity (Wildman–Crippen MR) is 121 cm³/mol. The van der Waals surface area contributed by atoms with E-state index >= 15 is 0 Å². The van der Waals surface area contributed by atoms with Gasteiger partial charge in [0.2, 0.25) is 0 Å². The van der Waals surface area contributed by atoms with Crippen molar-refractivity contribution in [3.05, 3.63) is 34.8 Å². The Hall–Kier alpha value is -3.09. The van der Waals surface area contributed by atoms with Crippen LogP contribution in [0.15, 0.2) is 29.8 Å². The number of nitrogens with one attached hydrogen (secondary N) is 1. The van der Waals surface area contributed by atoms with E-state index < -0.39 is 0 Å². The number of nitriles is 1. The molecule has 1 aromatic carbocycles. The lowest BCUT2D eigenvalue weighted by atomic mass is 9.98. The Morgan fingerprint density at radius 2 is 1.91 bits per heavy atom.